The Kier molecular flexibility index (Phi) is 6.82. The number of anilines is 2. The van der Waals surface area contributed by atoms with E-state index in [1.54, 1.807) is 54.6 Å². The fourth-order valence-corrected chi connectivity index (χ4v) is 3.82. The fourth-order valence-electron chi connectivity index (χ4n) is 3.82. The Balaban J connectivity index is 1.79. The topological polar surface area (TPSA) is 77.1 Å². The summed E-state index contributed by atoms with van der Waals surface area (Å²) >= 11 is 0. The van der Waals surface area contributed by atoms with Crippen LogP contribution in [-0.4, -0.2) is 32.1 Å². The molecular formula is C27H26N2O5. The predicted molar refractivity (Wildman–Crippen MR) is 131 cm³/mol. The second-order valence-electron chi connectivity index (χ2n) is 7.39. The van der Waals surface area contributed by atoms with Crippen molar-refractivity contribution in [3.63, 3.8) is 0 Å². The standard InChI is InChI=1S/C27H26N2O5/c1-4-33-22-16-15-19(17-23(22)34-5-2)28-25-24(18-11-7-6-8-12-18)26(30)29(27(25)31)20-13-9-10-14-21(20)32-3/h6-17,28H,4-5H2,1-3H3. The molecule has 174 valence electrons. The number of imide groups is 1. The first-order valence-electron chi connectivity index (χ1n) is 11.1. The van der Waals surface area contributed by atoms with E-state index in [0.717, 1.165) is 4.90 Å². The maximum absolute atomic E-state index is 13.6. The van der Waals surface area contributed by atoms with Crippen molar-refractivity contribution in [3.05, 3.63) is 84.1 Å². The average Bonchev–Trinajstić information content (AvgIpc) is 3.10. The smallest absolute Gasteiger partial charge is 0.282 e. The van der Waals surface area contributed by atoms with E-state index in [4.69, 9.17) is 14.2 Å². The molecule has 3 aromatic carbocycles. The predicted octanol–water partition coefficient (Wildman–Crippen LogP) is 4.89. The van der Waals surface area contributed by atoms with Crippen LogP contribution in [0.15, 0.2) is 78.5 Å². The molecule has 34 heavy (non-hydrogen) atoms. The summed E-state index contributed by atoms with van der Waals surface area (Å²) in [6.07, 6.45) is 0. The first-order valence-corrected chi connectivity index (χ1v) is 11.1. The minimum Gasteiger partial charge on any atom is -0.495 e. The van der Waals surface area contributed by atoms with E-state index in [0.29, 0.717) is 47.4 Å². The van der Waals surface area contributed by atoms with E-state index in [9.17, 15) is 9.59 Å². The summed E-state index contributed by atoms with van der Waals surface area (Å²) in [4.78, 5) is 28.4. The first-order chi connectivity index (χ1) is 16.6. The van der Waals surface area contributed by atoms with Gasteiger partial charge in [-0.05, 0) is 43.7 Å². The quantitative estimate of drug-likeness (QED) is 0.460. The Morgan fingerprint density at radius 2 is 1.44 bits per heavy atom. The highest BCUT2D eigenvalue weighted by Crippen LogP contribution is 2.38. The summed E-state index contributed by atoms with van der Waals surface area (Å²) < 4.78 is 16.8. The van der Waals surface area contributed by atoms with Crippen LogP contribution in [0.25, 0.3) is 5.57 Å². The maximum Gasteiger partial charge on any atom is 0.282 e. The number of ether oxygens (including phenoxy) is 3. The zero-order valence-electron chi connectivity index (χ0n) is 19.3. The second-order valence-corrected chi connectivity index (χ2v) is 7.39. The molecular weight excluding hydrogens is 432 g/mol. The molecule has 1 N–H and O–H groups in total. The second kappa shape index (κ2) is 10.1. The maximum atomic E-state index is 13.6. The van der Waals surface area contributed by atoms with Gasteiger partial charge >= 0.3 is 0 Å². The van der Waals surface area contributed by atoms with Crippen LogP contribution in [0, 0.1) is 0 Å². The number of amides is 2. The SMILES string of the molecule is CCOc1ccc(NC2=C(c3ccccc3)C(=O)N(c3ccccc3OC)C2=O)cc1OCC. The molecule has 0 saturated heterocycles. The fraction of sp³-hybridized carbons (Fsp3) is 0.185. The van der Waals surface area contributed by atoms with Gasteiger partial charge in [-0.2, -0.15) is 0 Å². The minimum atomic E-state index is -0.472. The van der Waals surface area contributed by atoms with E-state index < -0.39 is 11.8 Å². The van der Waals surface area contributed by atoms with Crippen LogP contribution >= 0.6 is 0 Å². The highest BCUT2D eigenvalue weighted by Gasteiger charge is 2.41. The van der Waals surface area contributed by atoms with Gasteiger partial charge in [0.05, 0.1) is 31.6 Å². The molecule has 3 aromatic rings. The lowest BCUT2D eigenvalue weighted by Gasteiger charge is -2.18. The zero-order chi connectivity index (χ0) is 24.1. The van der Waals surface area contributed by atoms with E-state index in [2.05, 4.69) is 5.32 Å². The molecule has 1 aliphatic heterocycles. The third-order valence-corrected chi connectivity index (χ3v) is 5.29. The van der Waals surface area contributed by atoms with Crippen molar-refractivity contribution in [1.82, 2.24) is 0 Å². The van der Waals surface area contributed by atoms with E-state index in [1.165, 1.54) is 7.11 Å². The normalized spacial score (nSPS) is 13.3. The van der Waals surface area contributed by atoms with Crippen molar-refractivity contribution in [2.75, 3.05) is 30.5 Å². The molecule has 0 radical (unpaired) electrons. The van der Waals surface area contributed by atoms with Crippen LogP contribution in [0.2, 0.25) is 0 Å². The van der Waals surface area contributed by atoms with E-state index in [-0.39, 0.29) is 11.3 Å². The Morgan fingerprint density at radius 3 is 2.15 bits per heavy atom. The van der Waals surface area contributed by atoms with Gasteiger partial charge in [0.25, 0.3) is 11.8 Å². The summed E-state index contributed by atoms with van der Waals surface area (Å²) in [5, 5.41) is 3.17. The van der Waals surface area contributed by atoms with Crippen molar-refractivity contribution in [2.24, 2.45) is 0 Å². The van der Waals surface area contributed by atoms with Crippen LogP contribution in [0.1, 0.15) is 19.4 Å². The minimum absolute atomic E-state index is 0.175. The lowest BCUT2D eigenvalue weighted by atomic mass is 10.0. The molecule has 7 nitrogen and oxygen atoms in total. The molecule has 1 heterocycles. The molecule has 0 unspecified atom stereocenters. The van der Waals surface area contributed by atoms with E-state index >= 15 is 0 Å². The van der Waals surface area contributed by atoms with Gasteiger partial charge in [-0.15, -0.1) is 0 Å². The third-order valence-electron chi connectivity index (χ3n) is 5.29. The zero-order valence-corrected chi connectivity index (χ0v) is 19.3. The van der Waals surface area contributed by atoms with Crippen LogP contribution in [0.3, 0.4) is 0 Å². The Bertz CT molecular complexity index is 1240. The number of carbonyl (C=O) groups is 2. The van der Waals surface area contributed by atoms with Gasteiger partial charge in [0, 0.05) is 11.8 Å². The Morgan fingerprint density at radius 1 is 0.765 bits per heavy atom. The Hall–Kier alpha value is -4.26. The van der Waals surface area contributed by atoms with Crippen LogP contribution in [-0.2, 0) is 9.59 Å². The lowest BCUT2D eigenvalue weighted by Crippen LogP contribution is -2.32. The summed E-state index contributed by atoms with van der Waals surface area (Å²) in [5.74, 6) is 0.683. The van der Waals surface area contributed by atoms with Gasteiger partial charge < -0.3 is 19.5 Å². The molecule has 0 atom stereocenters. The van der Waals surface area contributed by atoms with Gasteiger partial charge in [-0.25, -0.2) is 4.90 Å². The van der Waals surface area contributed by atoms with Crippen molar-refractivity contribution >= 4 is 28.8 Å². The van der Waals surface area contributed by atoms with Crippen LogP contribution < -0.4 is 24.4 Å². The largest absolute Gasteiger partial charge is 0.495 e. The number of hydrogen-bond acceptors (Lipinski definition) is 6. The van der Waals surface area contributed by atoms with Crippen LogP contribution in [0.4, 0.5) is 11.4 Å². The molecule has 1 aliphatic rings. The number of methoxy groups -OCH3 is 1. The summed E-state index contributed by atoms with van der Waals surface area (Å²) in [5.41, 5.74) is 2.07. The van der Waals surface area contributed by atoms with Gasteiger partial charge in [0.1, 0.15) is 11.4 Å². The number of nitrogens with zero attached hydrogens (tertiary/aromatic N) is 1. The monoisotopic (exact) mass is 458 g/mol. The van der Waals surface area contributed by atoms with Crippen molar-refractivity contribution in [2.45, 2.75) is 13.8 Å². The van der Waals surface area contributed by atoms with Crippen LogP contribution in [0.5, 0.6) is 17.2 Å². The third kappa shape index (κ3) is 4.32. The molecule has 0 fully saturated rings. The summed E-state index contributed by atoms with van der Waals surface area (Å²) in [7, 11) is 1.50. The number of rotatable bonds is 9. The summed E-state index contributed by atoms with van der Waals surface area (Å²) in [6.45, 7) is 4.74. The molecule has 0 aliphatic carbocycles. The molecule has 7 heteroatoms. The van der Waals surface area contributed by atoms with Crippen molar-refractivity contribution in [1.29, 1.82) is 0 Å². The molecule has 2 amide bonds. The molecule has 0 bridgehead atoms. The number of carbonyl (C=O) groups excluding carboxylic acids is 2. The summed E-state index contributed by atoms with van der Waals surface area (Å²) in [6, 6.07) is 21.4. The molecule has 0 aromatic heterocycles. The molecule has 0 saturated carbocycles. The van der Waals surface area contributed by atoms with Crippen molar-refractivity contribution in [3.8, 4) is 17.2 Å². The van der Waals surface area contributed by atoms with Gasteiger partial charge in [-0.1, -0.05) is 42.5 Å². The number of para-hydroxylation sites is 2. The number of benzene rings is 3. The average molecular weight is 459 g/mol. The Labute approximate surface area is 198 Å². The van der Waals surface area contributed by atoms with E-state index in [1.807, 2.05) is 32.0 Å². The number of hydrogen-bond donors (Lipinski definition) is 1. The van der Waals surface area contributed by atoms with Gasteiger partial charge in [0.2, 0.25) is 0 Å². The van der Waals surface area contributed by atoms with Crippen molar-refractivity contribution < 1.29 is 23.8 Å². The van der Waals surface area contributed by atoms with Gasteiger partial charge in [-0.3, -0.25) is 9.59 Å². The highest BCUT2D eigenvalue weighted by atomic mass is 16.5. The lowest BCUT2D eigenvalue weighted by molar-refractivity contribution is -0.120. The van der Waals surface area contributed by atoms with Gasteiger partial charge in [0.15, 0.2) is 11.5 Å². The number of nitrogens with one attached hydrogen (secondary N) is 1. The molecule has 0 spiro atoms. The molecule has 4 rings (SSSR count). The highest BCUT2D eigenvalue weighted by molar-refractivity contribution is 6.46. The first kappa shape index (κ1) is 22.9.